The van der Waals surface area contributed by atoms with Crippen LogP contribution in [-0.2, 0) is 11.2 Å². The van der Waals surface area contributed by atoms with Crippen LogP contribution in [0.25, 0.3) is 0 Å². The van der Waals surface area contributed by atoms with Crippen molar-refractivity contribution in [3.05, 3.63) is 45.9 Å². The highest BCUT2D eigenvalue weighted by molar-refractivity contribution is 7.15. The van der Waals surface area contributed by atoms with Crippen molar-refractivity contribution in [2.75, 3.05) is 25.0 Å². The van der Waals surface area contributed by atoms with Gasteiger partial charge in [0.25, 0.3) is 0 Å². The van der Waals surface area contributed by atoms with Crippen molar-refractivity contribution < 1.29 is 18.0 Å². The molecule has 1 aromatic heterocycles. The molecular weight excluding hydrogens is 399 g/mol. The molecule has 2 aromatic rings. The minimum atomic E-state index is -4.21. The molecule has 3 rings (SSSR count). The standard InChI is InChI=1S/C18H19ClF3N3OS/c19-15-6-2-1-4-12(15)8-14-9-23-17(27-14)24-16(26)11-25-7-3-5-13(10-25)18(20,21)22/h1-2,4,6,9,13H,3,5,7-8,10-11H2,(H,23,24,26)/t13-/m1/s1. The van der Waals surface area contributed by atoms with Gasteiger partial charge in [-0.3, -0.25) is 9.69 Å². The number of rotatable bonds is 5. The van der Waals surface area contributed by atoms with E-state index in [1.165, 1.54) is 11.3 Å². The maximum atomic E-state index is 12.9. The molecule has 9 heteroatoms. The van der Waals surface area contributed by atoms with E-state index in [9.17, 15) is 18.0 Å². The molecule has 2 heterocycles. The third-order valence-electron chi connectivity index (χ3n) is 4.46. The number of hydrogen-bond donors (Lipinski definition) is 1. The van der Waals surface area contributed by atoms with E-state index in [1.807, 2.05) is 24.3 Å². The number of nitrogens with zero attached hydrogens (tertiary/aromatic N) is 2. The summed E-state index contributed by atoms with van der Waals surface area (Å²) < 4.78 is 38.6. The number of thiazole rings is 1. The van der Waals surface area contributed by atoms with Crippen LogP contribution in [0.15, 0.2) is 30.5 Å². The van der Waals surface area contributed by atoms with E-state index in [1.54, 1.807) is 11.1 Å². The summed E-state index contributed by atoms with van der Waals surface area (Å²) in [5, 5.41) is 3.78. The lowest BCUT2D eigenvalue weighted by Gasteiger charge is -2.33. The number of carbonyl (C=O) groups is 1. The van der Waals surface area contributed by atoms with Crippen molar-refractivity contribution in [2.45, 2.75) is 25.4 Å². The molecule has 27 heavy (non-hydrogen) atoms. The summed E-state index contributed by atoms with van der Waals surface area (Å²) in [7, 11) is 0. The van der Waals surface area contributed by atoms with Gasteiger partial charge in [0, 0.05) is 29.1 Å². The molecule has 1 aliphatic rings. The molecule has 146 valence electrons. The molecular formula is C18H19ClF3N3OS. The molecule has 1 aliphatic heterocycles. The number of alkyl halides is 3. The Bertz CT molecular complexity index is 796. The van der Waals surface area contributed by atoms with E-state index in [0.29, 0.717) is 29.5 Å². The number of aromatic nitrogens is 1. The number of piperidine rings is 1. The van der Waals surface area contributed by atoms with Crippen molar-refractivity contribution in [3.63, 3.8) is 0 Å². The third kappa shape index (κ3) is 5.67. The van der Waals surface area contributed by atoms with Gasteiger partial charge in [0.1, 0.15) is 0 Å². The Hall–Kier alpha value is -1.64. The summed E-state index contributed by atoms with van der Waals surface area (Å²) in [6.07, 6.45) is -1.37. The molecule has 0 spiro atoms. The van der Waals surface area contributed by atoms with Crippen LogP contribution in [0.2, 0.25) is 5.02 Å². The maximum Gasteiger partial charge on any atom is 0.393 e. The number of anilines is 1. The number of nitrogens with one attached hydrogen (secondary N) is 1. The second kappa shape index (κ2) is 8.58. The van der Waals surface area contributed by atoms with Gasteiger partial charge in [-0.05, 0) is 31.0 Å². The summed E-state index contributed by atoms with van der Waals surface area (Å²) in [6.45, 7) is 0.300. The number of likely N-dealkylation sites (tertiary alicyclic amines) is 1. The van der Waals surface area contributed by atoms with Crippen LogP contribution in [0.4, 0.5) is 18.3 Å². The molecule has 0 radical (unpaired) electrons. The predicted octanol–water partition coefficient (Wildman–Crippen LogP) is 4.60. The molecule has 1 atom stereocenters. The van der Waals surface area contributed by atoms with Gasteiger partial charge in [0.2, 0.25) is 5.91 Å². The van der Waals surface area contributed by atoms with Crippen LogP contribution in [0.1, 0.15) is 23.3 Å². The first-order chi connectivity index (χ1) is 12.8. The van der Waals surface area contributed by atoms with Gasteiger partial charge in [-0.1, -0.05) is 29.8 Å². The lowest BCUT2D eigenvalue weighted by Crippen LogP contribution is -2.44. The number of hydrogen-bond acceptors (Lipinski definition) is 4. The molecule has 1 aromatic carbocycles. The SMILES string of the molecule is O=C(CN1CCC[C@@H](C(F)(F)F)C1)Nc1ncc(Cc2ccccc2Cl)s1. The molecule has 1 N–H and O–H groups in total. The van der Waals surface area contributed by atoms with Gasteiger partial charge in [0.05, 0.1) is 12.5 Å². The van der Waals surface area contributed by atoms with E-state index >= 15 is 0 Å². The van der Waals surface area contributed by atoms with Gasteiger partial charge < -0.3 is 5.32 Å². The summed E-state index contributed by atoms with van der Waals surface area (Å²) in [5.41, 5.74) is 0.965. The zero-order chi connectivity index (χ0) is 19.4. The lowest BCUT2D eigenvalue weighted by molar-refractivity contribution is -0.186. The summed E-state index contributed by atoms with van der Waals surface area (Å²) in [6, 6.07) is 7.49. The Morgan fingerprint density at radius 3 is 2.89 bits per heavy atom. The van der Waals surface area contributed by atoms with Gasteiger partial charge in [-0.25, -0.2) is 4.98 Å². The Morgan fingerprint density at radius 2 is 2.15 bits per heavy atom. The van der Waals surface area contributed by atoms with Gasteiger partial charge in [-0.15, -0.1) is 11.3 Å². The summed E-state index contributed by atoms with van der Waals surface area (Å²) in [5.74, 6) is -1.71. The number of benzene rings is 1. The van der Waals surface area contributed by atoms with Crippen LogP contribution in [0.5, 0.6) is 0 Å². The highest BCUT2D eigenvalue weighted by Gasteiger charge is 2.41. The van der Waals surface area contributed by atoms with E-state index in [4.69, 9.17) is 11.6 Å². The third-order valence-corrected chi connectivity index (χ3v) is 5.74. The Kier molecular flexibility index (Phi) is 6.39. The quantitative estimate of drug-likeness (QED) is 0.773. The van der Waals surface area contributed by atoms with E-state index < -0.39 is 12.1 Å². The highest BCUT2D eigenvalue weighted by Crippen LogP contribution is 2.33. The van der Waals surface area contributed by atoms with Crippen LogP contribution >= 0.6 is 22.9 Å². The maximum absolute atomic E-state index is 12.9. The monoisotopic (exact) mass is 417 g/mol. The molecule has 0 unspecified atom stereocenters. The molecule has 1 fully saturated rings. The fraction of sp³-hybridized carbons (Fsp3) is 0.444. The van der Waals surface area contributed by atoms with Crippen molar-refractivity contribution >= 4 is 34.0 Å². The Morgan fingerprint density at radius 1 is 1.37 bits per heavy atom. The molecule has 1 saturated heterocycles. The number of amides is 1. The molecule has 0 saturated carbocycles. The van der Waals surface area contributed by atoms with Crippen LogP contribution in [-0.4, -0.2) is 41.6 Å². The largest absolute Gasteiger partial charge is 0.393 e. The van der Waals surface area contributed by atoms with E-state index in [2.05, 4.69) is 10.3 Å². The average molecular weight is 418 g/mol. The first kappa shape index (κ1) is 20.1. The Balaban J connectivity index is 1.53. The van der Waals surface area contributed by atoms with Crippen LogP contribution < -0.4 is 5.32 Å². The molecule has 0 bridgehead atoms. The first-order valence-electron chi connectivity index (χ1n) is 8.58. The fourth-order valence-corrected chi connectivity index (χ4v) is 4.16. The average Bonchev–Trinajstić information content (AvgIpc) is 3.03. The van der Waals surface area contributed by atoms with Crippen molar-refractivity contribution in [1.29, 1.82) is 0 Å². The fourth-order valence-electron chi connectivity index (χ4n) is 3.10. The summed E-state index contributed by atoms with van der Waals surface area (Å²) >= 11 is 7.48. The number of halogens is 4. The van der Waals surface area contributed by atoms with E-state index in [0.717, 1.165) is 10.4 Å². The molecule has 1 amide bonds. The first-order valence-corrected chi connectivity index (χ1v) is 9.78. The second-order valence-electron chi connectivity index (χ2n) is 6.56. The highest BCUT2D eigenvalue weighted by atomic mass is 35.5. The van der Waals surface area contributed by atoms with E-state index in [-0.39, 0.29) is 25.4 Å². The minimum absolute atomic E-state index is 0.0635. The lowest BCUT2D eigenvalue weighted by atomic mass is 9.97. The topological polar surface area (TPSA) is 45.2 Å². The zero-order valence-electron chi connectivity index (χ0n) is 14.4. The Labute approximate surface area is 164 Å². The van der Waals surface area contributed by atoms with Crippen molar-refractivity contribution in [3.8, 4) is 0 Å². The zero-order valence-corrected chi connectivity index (χ0v) is 16.0. The van der Waals surface area contributed by atoms with Gasteiger partial charge >= 0.3 is 6.18 Å². The molecule has 4 nitrogen and oxygen atoms in total. The van der Waals surface area contributed by atoms with Crippen molar-refractivity contribution in [1.82, 2.24) is 9.88 Å². The van der Waals surface area contributed by atoms with Gasteiger partial charge in [-0.2, -0.15) is 13.2 Å². The van der Waals surface area contributed by atoms with Crippen molar-refractivity contribution in [2.24, 2.45) is 5.92 Å². The predicted molar refractivity (Wildman–Crippen MR) is 100 cm³/mol. The smallest absolute Gasteiger partial charge is 0.301 e. The second-order valence-corrected chi connectivity index (χ2v) is 8.09. The minimum Gasteiger partial charge on any atom is -0.301 e. The molecule has 0 aliphatic carbocycles. The van der Waals surface area contributed by atoms with Gasteiger partial charge in [0.15, 0.2) is 5.13 Å². The summed E-state index contributed by atoms with van der Waals surface area (Å²) in [4.78, 5) is 18.8. The number of carbonyl (C=O) groups excluding carboxylic acids is 1. The van der Waals surface area contributed by atoms with Crippen LogP contribution in [0.3, 0.4) is 0 Å². The normalized spacial score (nSPS) is 18.4. The van der Waals surface area contributed by atoms with Crippen LogP contribution in [0, 0.1) is 5.92 Å².